The Hall–Kier alpha value is -2.20. The summed E-state index contributed by atoms with van der Waals surface area (Å²) in [5.41, 5.74) is 1.65. The number of carbonyl (C=O) groups is 1. The van der Waals surface area contributed by atoms with Crippen LogP contribution >= 0.6 is 11.6 Å². The van der Waals surface area contributed by atoms with E-state index < -0.39 is 0 Å². The molecule has 1 heterocycles. The van der Waals surface area contributed by atoms with Gasteiger partial charge in [0.25, 0.3) is 5.91 Å². The quantitative estimate of drug-likeness (QED) is 0.944. The molecule has 0 saturated heterocycles. The summed E-state index contributed by atoms with van der Waals surface area (Å²) in [4.78, 5) is 12.0. The lowest BCUT2D eigenvalue weighted by Crippen LogP contribution is -2.25. The normalized spacial score (nSPS) is 12.2. The largest absolute Gasteiger partial charge is 0.454 e. The van der Waals surface area contributed by atoms with Crippen LogP contribution in [0.1, 0.15) is 15.9 Å². The molecule has 21 heavy (non-hydrogen) atoms. The number of amides is 1. The van der Waals surface area contributed by atoms with Crippen molar-refractivity contribution in [3.8, 4) is 11.5 Å². The summed E-state index contributed by atoms with van der Waals surface area (Å²) in [6, 6.07) is 12.7. The van der Waals surface area contributed by atoms with E-state index in [9.17, 15) is 4.79 Å². The minimum absolute atomic E-state index is 0.127. The molecule has 5 heteroatoms. The topological polar surface area (TPSA) is 47.6 Å². The first-order chi connectivity index (χ1) is 10.2. The number of carbonyl (C=O) groups excluding carboxylic acids is 1. The van der Waals surface area contributed by atoms with E-state index in [-0.39, 0.29) is 12.7 Å². The molecular weight excluding hydrogens is 290 g/mol. The van der Waals surface area contributed by atoms with Crippen molar-refractivity contribution >= 4 is 17.5 Å². The van der Waals surface area contributed by atoms with E-state index >= 15 is 0 Å². The Morgan fingerprint density at radius 3 is 2.86 bits per heavy atom. The van der Waals surface area contributed by atoms with Gasteiger partial charge < -0.3 is 14.8 Å². The van der Waals surface area contributed by atoms with Gasteiger partial charge in [-0.25, -0.2) is 0 Å². The zero-order chi connectivity index (χ0) is 14.7. The highest BCUT2D eigenvalue weighted by Crippen LogP contribution is 2.32. The monoisotopic (exact) mass is 303 g/mol. The molecule has 0 unspecified atom stereocenters. The molecule has 0 fully saturated rings. The number of fused-ring (bicyclic) bond motifs is 1. The molecule has 3 rings (SSSR count). The Bertz CT molecular complexity index is 672. The first kappa shape index (κ1) is 13.8. The minimum Gasteiger partial charge on any atom is -0.454 e. The standard InChI is InChI=1S/C16H14ClNO3/c17-13-3-1-2-12(9-13)16(19)18-7-6-11-4-5-14-15(8-11)21-10-20-14/h1-5,8-9H,6-7,10H2,(H,18,19). The van der Waals surface area contributed by atoms with Crippen molar-refractivity contribution in [1.29, 1.82) is 0 Å². The van der Waals surface area contributed by atoms with Crippen molar-refractivity contribution in [3.05, 3.63) is 58.6 Å². The zero-order valence-corrected chi connectivity index (χ0v) is 12.0. The van der Waals surface area contributed by atoms with Gasteiger partial charge in [0.1, 0.15) is 0 Å². The average molecular weight is 304 g/mol. The van der Waals surface area contributed by atoms with Crippen molar-refractivity contribution in [1.82, 2.24) is 5.32 Å². The maximum absolute atomic E-state index is 12.0. The smallest absolute Gasteiger partial charge is 0.251 e. The molecule has 0 saturated carbocycles. The third-order valence-corrected chi connectivity index (χ3v) is 3.46. The summed E-state index contributed by atoms with van der Waals surface area (Å²) >= 11 is 5.87. The number of ether oxygens (including phenoxy) is 2. The van der Waals surface area contributed by atoms with E-state index in [1.807, 2.05) is 18.2 Å². The van der Waals surface area contributed by atoms with Crippen molar-refractivity contribution in [2.24, 2.45) is 0 Å². The Morgan fingerprint density at radius 1 is 1.14 bits per heavy atom. The van der Waals surface area contributed by atoms with Crippen LogP contribution in [0.25, 0.3) is 0 Å². The summed E-state index contributed by atoms with van der Waals surface area (Å²) < 4.78 is 10.6. The fourth-order valence-electron chi connectivity index (χ4n) is 2.15. The van der Waals surface area contributed by atoms with Gasteiger partial charge in [-0.1, -0.05) is 23.7 Å². The van der Waals surface area contributed by atoms with Gasteiger partial charge in [-0.2, -0.15) is 0 Å². The second kappa shape index (κ2) is 6.06. The lowest BCUT2D eigenvalue weighted by atomic mass is 10.1. The average Bonchev–Trinajstić information content (AvgIpc) is 2.94. The lowest BCUT2D eigenvalue weighted by Gasteiger charge is -2.06. The number of rotatable bonds is 4. The molecule has 4 nitrogen and oxygen atoms in total. The van der Waals surface area contributed by atoms with Crippen LogP contribution in [-0.2, 0) is 6.42 Å². The maximum atomic E-state index is 12.0. The Balaban J connectivity index is 1.55. The van der Waals surface area contributed by atoms with Gasteiger partial charge in [0, 0.05) is 17.1 Å². The van der Waals surface area contributed by atoms with Crippen LogP contribution in [0.4, 0.5) is 0 Å². The number of halogens is 1. The molecule has 0 aromatic heterocycles. The molecule has 108 valence electrons. The third kappa shape index (κ3) is 3.28. The molecule has 0 spiro atoms. The van der Waals surface area contributed by atoms with Crippen LogP contribution in [0.5, 0.6) is 11.5 Å². The van der Waals surface area contributed by atoms with Crippen molar-refractivity contribution in [3.63, 3.8) is 0 Å². The van der Waals surface area contributed by atoms with Crippen LogP contribution < -0.4 is 14.8 Å². The van der Waals surface area contributed by atoms with Crippen LogP contribution in [-0.4, -0.2) is 19.2 Å². The second-order valence-electron chi connectivity index (χ2n) is 4.70. The summed E-state index contributed by atoms with van der Waals surface area (Å²) in [6.45, 7) is 0.815. The first-order valence-corrected chi connectivity index (χ1v) is 7.02. The summed E-state index contributed by atoms with van der Waals surface area (Å²) in [5.74, 6) is 1.40. The van der Waals surface area contributed by atoms with E-state index in [2.05, 4.69) is 5.32 Å². The fraction of sp³-hybridized carbons (Fsp3) is 0.188. The SMILES string of the molecule is O=C(NCCc1ccc2c(c1)OCO2)c1cccc(Cl)c1. The van der Waals surface area contributed by atoms with Crippen molar-refractivity contribution < 1.29 is 14.3 Å². The predicted molar refractivity (Wildman–Crippen MR) is 80.1 cm³/mol. The van der Waals surface area contributed by atoms with Gasteiger partial charge in [-0.3, -0.25) is 4.79 Å². The molecule has 2 aromatic rings. The summed E-state index contributed by atoms with van der Waals surface area (Å²) in [6.07, 6.45) is 0.725. The zero-order valence-electron chi connectivity index (χ0n) is 11.3. The summed E-state index contributed by atoms with van der Waals surface area (Å²) in [7, 11) is 0. The van der Waals surface area contributed by atoms with Crippen LogP contribution in [0, 0.1) is 0 Å². The fourth-order valence-corrected chi connectivity index (χ4v) is 2.34. The van der Waals surface area contributed by atoms with Gasteiger partial charge in [-0.15, -0.1) is 0 Å². The van der Waals surface area contributed by atoms with Crippen molar-refractivity contribution in [2.45, 2.75) is 6.42 Å². The molecule has 0 radical (unpaired) electrons. The van der Waals surface area contributed by atoms with E-state index in [0.29, 0.717) is 17.1 Å². The predicted octanol–water partition coefficient (Wildman–Crippen LogP) is 3.04. The van der Waals surface area contributed by atoms with Crippen LogP contribution in [0.15, 0.2) is 42.5 Å². The van der Waals surface area contributed by atoms with E-state index in [4.69, 9.17) is 21.1 Å². The number of hydrogen-bond donors (Lipinski definition) is 1. The number of nitrogens with one attached hydrogen (secondary N) is 1. The Morgan fingerprint density at radius 2 is 2.00 bits per heavy atom. The third-order valence-electron chi connectivity index (χ3n) is 3.22. The molecule has 0 atom stereocenters. The second-order valence-corrected chi connectivity index (χ2v) is 5.14. The van der Waals surface area contributed by atoms with Crippen LogP contribution in [0.2, 0.25) is 5.02 Å². The highest BCUT2D eigenvalue weighted by molar-refractivity contribution is 6.30. The molecule has 1 aliphatic rings. The molecule has 0 aliphatic carbocycles. The molecule has 0 bridgehead atoms. The lowest BCUT2D eigenvalue weighted by molar-refractivity contribution is 0.0954. The van der Waals surface area contributed by atoms with Gasteiger partial charge in [-0.05, 0) is 42.3 Å². The molecule has 1 N–H and O–H groups in total. The number of benzene rings is 2. The highest BCUT2D eigenvalue weighted by atomic mass is 35.5. The number of hydrogen-bond acceptors (Lipinski definition) is 3. The first-order valence-electron chi connectivity index (χ1n) is 6.65. The molecule has 1 amide bonds. The highest BCUT2D eigenvalue weighted by Gasteiger charge is 2.13. The van der Waals surface area contributed by atoms with Crippen molar-refractivity contribution in [2.75, 3.05) is 13.3 Å². The van der Waals surface area contributed by atoms with E-state index in [1.54, 1.807) is 24.3 Å². The van der Waals surface area contributed by atoms with E-state index in [1.165, 1.54) is 0 Å². The van der Waals surface area contributed by atoms with Gasteiger partial charge >= 0.3 is 0 Å². The maximum Gasteiger partial charge on any atom is 0.251 e. The van der Waals surface area contributed by atoms with E-state index in [0.717, 1.165) is 23.5 Å². The molecule has 1 aliphatic heterocycles. The minimum atomic E-state index is -0.127. The van der Waals surface area contributed by atoms with Gasteiger partial charge in [0.15, 0.2) is 11.5 Å². The summed E-state index contributed by atoms with van der Waals surface area (Å²) in [5, 5.41) is 3.43. The van der Waals surface area contributed by atoms with Gasteiger partial charge in [0.05, 0.1) is 0 Å². The molecule has 2 aromatic carbocycles. The van der Waals surface area contributed by atoms with Gasteiger partial charge in [0.2, 0.25) is 6.79 Å². The van der Waals surface area contributed by atoms with Crippen LogP contribution in [0.3, 0.4) is 0 Å². The molecular formula is C16H14ClNO3. The Labute approximate surface area is 127 Å². The Kier molecular flexibility index (Phi) is 3.97.